The Morgan fingerprint density at radius 3 is 2.54 bits per heavy atom. The fourth-order valence-corrected chi connectivity index (χ4v) is 5.40. The summed E-state index contributed by atoms with van der Waals surface area (Å²) >= 11 is 3.93. The van der Waals surface area contributed by atoms with Crippen molar-refractivity contribution >= 4 is 35.1 Å². The van der Waals surface area contributed by atoms with Crippen LogP contribution in [0.3, 0.4) is 0 Å². The Balaban J connectivity index is 1.72. The second-order valence-electron chi connectivity index (χ2n) is 5.58. The molecule has 24 heavy (non-hydrogen) atoms. The van der Waals surface area contributed by atoms with Crippen LogP contribution < -0.4 is 10.1 Å². The predicted octanol–water partition coefficient (Wildman–Crippen LogP) is 5.12. The van der Waals surface area contributed by atoms with E-state index in [0.717, 1.165) is 5.56 Å². The van der Waals surface area contributed by atoms with Crippen LogP contribution in [0.2, 0.25) is 0 Å². The van der Waals surface area contributed by atoms with Gasteiger partial charge in [-0.1, -0.05) is 18.2 Å². The Kier molecular flexibility index (Phi) is 5.74. The highest BCUT2D eigenvalue weighted by atomic mass is 32.2. The highest BCUT2D eigenvalue weighted by Gasteiger charge is 2.18. The van der Waals surface area contributed by atoms with E-state index in [1.807, 2.05) is 67.7 Å². The molecule has 0 spiro atoms. The molecule has 0 radical (unpaired) electrons. The molecule has 1 fully saturated rings. The zero-order valence-electron chi connectivity index (χ0n) is 13.9. The van der Waals surface area contributed by atoms with E-state index in [2.05, 4.69) is 17.4 Å². The van der Waals surface area contributed by atoms with Crippen molar-refractivity contribution in [2.24, 2.45) is 0 Å². The van der Waals surface area contributed by atoms with Crippen molar-refractivity contribution in [2.45, 2.75) is 18.4 Å². The first-order valence-electron chi connectivity index (χ1n) is 8.05. The van der Waals surface area contributed by atoms with E-state index in [9.17, 15) is 4.79 Å². The van der Waals surface area contributed by atoms with Crippen LogP contribution in [0.25, 0.3) is 0 Å². The molecule has 3 rings (SSSR count). The van der Waals surface area contributed by atoms with Crippen LogP contribution >= 0.6 is 23.5 Å². The van der Waals surface area contributed by atoms with Crippen LogP contribution in [0.1, 0.15) is 33.0 Å². The lowest BCUT2D eigenvalue weighted by molar-refractivity contribution is 0.102. The standard InChI is InChI=1S/C19H21NO2S2/c1-3-22-17-12-13(2)4-9-16(17)20-18(21)14-5-7-15(8-6-14)19-23-10-11-24-19/h4-9,12,19H,3,10-11H2,1-2H3,(H,20,21). The highest BCUT2D eigenvalue weighted by molar-refractivity contribution is 8.19. The van der Waals surface area contributed by atoms with Gasteiger partial charge in [-0.05, 0) is 49.2 Å². The molecule has 1 aliphatic heterocycles. The van der Waals surface area contributed by atoms with E-state index in [1.165, 1.54) is 17.1 Å². The van der Waals surface area contributed by atoms with Gasteiger partial charge in [0.05, 0.1) is 16.9 Å². The molecule has 1 amide bonds. The monoisotopic (exact) mass is 359 g/mol. The number of ether oxygens (including phenoxy) is 1. The Labute approximate surface area is 151 Å². The molecule has 0 aliphatic carbocycles. The van der Waals surface area contributed by atoms with Crippen LogP contribution in [0.4, 0.5) is 5.69 Å². The number of carbonyl (C=O) groups excluding carboxylic acids is 1. The number of anilines is 1. The van der Waals surface area contributed by atoms with Gasteiger partial charge >= 0.3 is 0 Å². The second kappa shape index (κ2) is 7.99. The highest BCUT2D eigenvalue weighted by Crippen LogP contribution is 2.45. The smallest absolute Gasteiger partial charge is 0.255 e. The molecule has 0 bridgehead atoms. The fourth-order valence-electron chi connectivity index (χ4n) is 2.54. The number of aryl methyl sites for hydroxylation is 1. The Morgan fingerprint density at radius 2 is 1.88 bits per heavy atom. The molecule has 1 N–H and O–H groups in total. The van der Waals surface area contributed by atoms with Gasteiger partial charge < -0.3 is 10.1 Å². The number of rotatable bonds is 5. The summed E-state index contributed by atoms with van der Waals surface area (Å²) in [6, 6.07) is 13.7. The molecule has 1 heterocycles. The molecule has 2 aromatic carbocycles. The lowest BCUT2D eigenvalue weighted by Crippen LogP contribution is -2.13. The number of carbonyl (C=O) groups is 1. The van der Waals surface area contributed by atoms with E-state index < -0.39 is 0 Å². The maximum absolute atomic E-state index is 12.5. The van der Waals surface area contributed by atoms with Crippen LogP contribution in [0, 0.1) is 6.92 Å². The Hall–Kier alpha value is -1.59. The topological polar surface area (TPSA) is 38.3 Å². The molecule has 1 aliphatic rings. The van der Waals surface area contributed by atoms with Crippen LogP contribution in [0.5, 0.6) is 5.75 Å². The average molecular weight is 360 g/mol. The second-order valence-corrected chi connectivity index (χ2v) is 8.31. The zero-order chi connectivity index (χ0) is 16.9. The molecular formula is C19H21NO2S2. The summed E-state index contributed by atoms with van der Waals surface area (Å²) in [6.45, 7) is 4.51. The molecule has 0 aromatic heterocycles. The summed E-state index contributed by atoms with van der Waals surface area (Å²) < 4.78 is 6.12. The summed E-state index contributed by atoms with van der Waals surface area (Å²) in [5.41, 5.74) is 3.75. The molecule has 0 atom stereocenters. The van der Waals surface area contributed by atoms with Gasteiger partial charge in [0.1, 0.15) is 5.75 Å². The van der Waals surface area contributed by atoms with Crippen LogP contribution in [0.15, 0.2) is 42.5 Å². The summed E-state index contributed by atoms with van der Waals surface area (Å²) in [5, 5.41) is 2.95. The third-order valence-electron chi connectivity index (χ3n) is 3.75. The minimum atomic E-state index is -0.113. The van der Waals surface area contributed by atoms with Crippen molar-refractivity contribution in [2.75, 3.05) is 23.4 Å². The lowest BCUT2D eigenvalue weighted by atomic mass is 10.1. The third kappa shape index (κ3) is 4.08. The van der Waals surface area contributed by atoms with Gasteiger partial charge in [0.2, 0.25) is 0 Å². The summed E-state index contributed by atoms with van der Waals surface area (Å²) in [5.74, 6) is 3.00. The van der Waals surface area contributed by atoms with Gasteiger partial charge in [-0.15, -0.1) is 23.5 Å². The van der Waals surface area contributed by atoms with Gasteiger partial charge in [0, 0.05) is 17.1 Å². The third-order valence-corrected chi connectivity index (χ3v) is 6.86. The Bertz CT molecular complexity index is 710. The first-order chi connectivity index (χ1) is 11.7. The summed E-state index contributed by atoms with van der Waals surface area (Å²) in [7, 11) is 0. The van der Waals surface area contributed by atoms with Gasteiger partial charge in [0.25, 0.3) is 5.91 Å². The van der Waals surface area contributed by atoms with Gasteiger partial charge in [-0.2, -0.15) is 0 Å². The van der Waals surface area contributed by atoms with E-state index in [-0.39, 0.29) is 5.91 Å². The minimum absolute atomic E-state index is 0.113. The average Bonchev–Trinajstić information content (AvgIpc) is 3.12. The van der Waals surface area contributed by atoms with Gasteiger partial charge in [0.15, 0.2) is 0 Å². The van der Waals surface area contributed by atoms with Crippen molar-refractivity contribution in [3.63, 3.8) is 0 Å². The van der Waals surface area contributed by atoms with E-state index >= 15 is 0 Å². The molecule has 0 unspecified atom stereocenters. The van der Waals surface area contributed by atoms with Crippen molar-refractivity contribution in [3.8, 4) is 5.75 Å². The molecular weight excluding hydrogens is 338 g/mol. The van der Waals surface area contributed by atoms with Gasteiger partial charge in [-0.3, -0.25) is 4.79 Å². The fraction of sp³-hybridized carbons (Fsp3) is 0.316. The maximum Gasteiger partial charge on any atom is 0.255 e. The molecule has 5 heteroatoms. The van der Waals surface area contributed by atoms with Gasteiger partial charge in [-0.25, -0.2) is 0 Å². The molecule has 3 nitrogen and oxygen atoms in total. The van der Waals surface area contributed by atoms with Crippen molar-refractivity contribution in [1.29, 1.82) is 0 Å². The normalized spacial score (nSPS) is 14.6. The largest absolute Gasteiger partial charge is 0.492 e. The quantitative estimate of drug-likeness (QED) is 0.804. The van der Waals surface area contributed by atoms with E-state index in [1.54, 1.807) is 0 Å². The maximum atomic E-state index is 12.5. The van der Waals surface area contributed by atoms with E-state index in [0.29, 0.717) is 28.2 Å². The van der Waals surface area contributed by atoms with Crippen LogP contribution in [-0.4, -0.2) is 24.0 Å². The number of thioether (sulfide) groups is 2. The zero-order valence-corrected chi connectivity index (χ0v) is 15.5. The Morgan fingerprint density at radius 1 is 1.17 bits per heavy atom. The molecule has 126 valence electrons. The predicted molar refractivity (Wildman–Crippen MR) is 104 cm³/mol. The first kappa shape index (κ1) is 17.2. The molecule has 0 saturated carbocycles. The lowest BCUT2D eigenvalue weighted by Gasteiger charge is -2.13. The van der Waals surface area contributed by atoms with E-state index in [4.69, 9.17) is 4.74 Å². The summed E-state index contributed by atoms with van der Waals surface area (Å²) in [4.78, 5) is 12.5. The first-order valence-corrected chi connectivity index (χ1v) is 10.1. The number of benzene rings is 2. The summed E-state index contributed by atoms with van der Waals surface area (Å²) in [6.07, 6.45) is 0. The number of hydrogen-bond donors (Lipinski definition) is 1. The molecule has 1 saturated heterocycles. The number of nitrogens with one attached hydrogen (secondary N) is 1. The van der Waals surface area contributed by atoms with Crippen LogP contribution in [-0.2, 0) is 0 Å². The number of hydrogen-bond acceptors (Lipinski definition) is 4. The number of amides is 1. The van der Waals surface area contributed by atoms with Crippen molar-refractivity contribution in [1.82, 2.24) is 0 Å². The minimum Gasteiger partial charge on any atom is -0.492 e. The molecule has 2 aromatic rings. The SMILES string of the molecule is CCOc1cc(C)ccc1NC(=O)c1ccc(C2SCCS2)cc1. The van der Waals surface area contributed by atoms with Crippen molar-refractivity contribution in [3.05, 3.63) is 59.2 Å². The van der Waals surface area contributed by atoms with Crippen molar-refractivity contribution < 1.29 is 9.53 Å².